The highest BCUT2D eigenvalue weighted by Gasteiger charge is 2.20. The van der Waals surface area contributed by atoms with Crippen LogP contribution in [0.4, 0.5) is 17.6 Å². The molecule has 0 bridgehead atoms. The van der Waals surface area contributed by atoms with Gasteiger partial charge in [0.1, 0.15) is 11.6 Å². The summed E-state index contributed by atoms with van der Waals surface area (Å²) < 4.78 is 0. The fourth-order valence-corrected chi connectivity index (χ4v) is 3.25. The van der Waals surface area contributed by atoms with Crippen molar-refractivity contribution < 1.29 is 0 Å². The monoisotopic (exact) mass is 360 g/mol. The predicted octanol–water partition coefficient (Wildman–Crippen LogP) is 3.12. The van der Waals surface area contributed by atoms with E-state index in [0.717, 1.165) is 56.0 Å². The van der Waals surface area contributed by atoms with Crippen molar-refractivity contribution in [2.45, 2.75) is 13.5 Å². The summed E-state index contributed by atoms with van der Waals surface area (Å²) in [4.78, 5) is 18.4. The minimum atomic E-state index is 0.754. The lowest BCUT2D eigenvalue weighted by molar-refractivity contribution is 0.634. The van der Waals surface area contributed by atoms with Crippen molar-refractivity contribution in [1.82, 2.24) is 15.0 Å². The maximum Gasteiger partial charge on any atom is 0.227 e. The summed E-state index contributed by atoms with van der Waals surface area (Å²) in [7, 11) is 0. The summed E-state index contributed by atoms with van der Waals surface area (Å²) in [5.74, 6) is 2.70. The zero-order valence-electron chi connectivity index (χ0n) is 15.5. The number of aryl methyl sites for hydroxylation is 1. The third-order valence-electron chi connectivity index (χ3n) is 4.69. The normalized spacial score (nSPS) is 14.3. The topological polar surface area (TPSA) is 57.2 Å². The number of nitrogens with one attached hydrogen (secondary N) is 1. The number of benzene rings is 1. The molecule has 1 aliphatic heterocycles. The Morgan fingerprint density at radius 3 is 2.37 bits per heavy atom. The van der Waals surface area contributed by atoms with Gasteiger partial charge >= 0.3 is 0 Å². The van der Waals surface area contributed by atoms with Crippen LogP contribution in [0.25, 0.3) is 0 Å². The first-order valence-electron chi connectivity index (χ1n) is 9.32. The van der Waals surface area contributed by atoms with Crippen LogP contribution in [0.3, 0.4) is 0 Å². The van der Waals surface area contributed by atoms with Crippen LogP contribution < -0.4 is 15.1 Å². The molecule has 3 aromatic rings. The molecule has 1 aliphatic rings. The van der Waals surface area contributed by atoms with Crippen LogP contribution in [0.5, 0.6) is 0 Å². The van der Waals surface area contributed by atoms with Gasteiger partial charge in [-0.05, 0) is 24.6 Å². The van der Waals surface area contributed by atoms with E-state index in [1.54, 1.807) is 0 Å². The number of piperazine rings is 1. The summed E-state index contributed by atoms with van der Waals surface area (Å²) >= 11 is 0. The predicted molar refractivity (Wildman–Crippen MR) is 109 cm³/mol. The van der Waals surface area contributed by atoms with E-state index in [4.69, 9.17) is 4.98 Å². The number of anilines is 3. The Bertz CT molecular complexity index is 860. The Balaban J connectivity index is 1.41. The highest BCUT2D eigenvalue weighted by atomic mass is 15.3. The molecule has 1 saturated heterocycles. The average Bonchev–Trinajstić information content (AvgIpc) is 2.73. The Hall–Kier alpha value is -3.15. The van der Waals surface area contributed by atoms with Gasteiger partial charge in [-0.1, -0.05) is 36.4 Å². The standard InChI is InChI=1S/C21H24N6/c1-17-15-19(23-16-18-7-3-2-4-8-18)25-21(24-17)27-13-11-26(12-14-27)20-9-5-6-10-22-20/h2-10,15H,11-14,16H2,1H3,(H,23,24,25). The van der Waals surface area contributed by atoms with Gasteiger partial charge in [-0.2, -0.15) is 4.98 Å². The van der Waals surface area contributed by atoms with Gasteiger partial charge in [0.25, 0.3) is 0 Å². The van der Waals surface area contributed by atoms with Crippen LogP contribution in [0, 0.1) is 6.92 Å². The molecular weight excluding hydrogens is 336 g/mol. The average molecular weight is 360 g/mol. The van der Waals surface area contributed by atoms with Gasteiger partial charge in [-0.3, -0.25) is 0 Å². The summed E-state index contributed by atoms with van der Waals surface area (Å²) in [6, 6.07) is 18.4. The lowest BCUT2D eigenvalue weighted by atomic mass is 10.2. The van der Waals surface area contributed by atoms with Crippen molar-refractivity contribution in [3.8, 4) is 0 Å². The fraction of sp³-hybridized carbons (Fsp3) is 0.286. The lowest BCUT2D eigenvalue weighted by Crippen LogP contribution is -2.47. The summed E-state index contributed by atoms with van der Waals surface area (Å²) in [6.07, 6.45) is 1.84. The van der Waals surface area contributed by atoms with Crippen molar-refractivity contribution in [1.29, 1.82) is 0 Å². The number of aromatic nitrogens is 3. The van der Waals surface area contributed by atoms with E-state index in [-0.39, 0.29) is 0 Å². The molecule has 27 heavy (non-hydrogen) atoms. The maximum absolute atomic E-state index is 4.74. The summed E-state index contributed by atoms with van der Waals surface area (Å²) in [5, 5.41) is 3.42. The molecule has 0 aliphatic carbocycles. The fourth-order valence-electron chi connectivity index (χ4n) is 3.25. The van der Waals surface area contributed by atoms with Gasteiger partial charge in [-0.15, -0.1) is 0 Å². The van der Waals surface area contributed by atoms with E-state index in [1.807, 2.05) is 37.4 Å². The molecule has 0 saturated carbocycles. The quantitative estimate of drug-likeness (QED) is 0.754. The molecule has 6 heteroatoms. The van der Waals surface area contributed by atoms with Crippen molar-refractivity contribution in [3.63, 3.8) is 0 Å². The Morgan fingerprint density at radius 1 is 0.889 bits per heavy atom. The van der Waals surface area contributed by atoms with E-state index in [0.29, 0.717) is 0 Å². The molecule has 6 nitrogen and oxygen atoms in total. The largest absolute Gasteiger partial charge is 0.366 e. The smallest absolute Gasteiger partial charge is 0.227 e. The second kappa shape index (κ2) is 8.03. The van der Waals surface area contributed by atoms with Crippen LogP contribution in [-0.4, -0.2) is 41.1 Å². The Kier molecular flexibility index (Phi) is 5.14. The van der Waals surface area contributed by atoms with Gasteiger partial charge in [0.2, 0.25) is 5.95 Å². The van der Waals surface area contributed by atoms with Crippen molar-refractivity contribution in [2.24, 2.45) is 0 Å². The molecule has 0 spiro atoms. The molecule has 0 amide bonds. The minimum Gasteiger partial charge on any atom is -0.366 e. The van der Waals surface area contributed by atoms with E-state index < -0.39 is 0 Å². The molecule has 2 aromatic heterocycles. The molecule has 1 fully saturated rings. The zero-order valence-corrected chi connectivity index (χ0v) is 15.5. The molecule has 1 N–H and O–H groups in total. The molecule has 138 valence electrons. The van der Waals surface area contributed by atoms with Crippen LogP contribution in [0.15, 0.2) is 60.8 Å². The van der Waals surface area contributed by atoms with Crippen molar-refractivity contribution in [2.75, 3.05) is 41.3 Å². The first-order valence-corrected chi connectivity index (χ1v) is 9.32. The highest BCUT2D eigenvalue weighted by Crippen LogP contribution is 2.18. The van der Waals surface area contributed by atoms with Crippen molar-refractivity contribution in [3.05, 3.63) is 72.1 Å². The Labute approximate surface area is 159 Å². The molecule has 0 atom stereocenters. The Morgan fingerprint density at radius 2 is 1.63 bits per heavy atom. The molecule has 0 radical (unpaired) electrons. The van der Waals surface area contributed by atoms with E-state index in [1.165, 1.54) is 5.56 Å². The van der Waals surface area contributed by atoms with Gasteiger partial charge in [-0.25, -0.2) is 9.97 Å². The maximum atomic E-state index is 4.74. The number of rotatable bonds is 5. The van der Waals surface area contributed by atoms with Crippen LogP contribution in [0.1, 0.15) is 11.3 Å². The van der Waals surface area contributed by atoms with Crippen molar-refractivity contribution >= 4 is 17.6 Å². The first kappa shape index (κ1) is 17.3. The van der Waals surface area contributed by atoms with E-state index >= 15 is 0 Å². The number of hydrogen-bond acceptors (Lipinski definition) is 6. The second-order valence-corrected chi connectivity index (χ2v) is 6.70. The number of nitrogens with zero attached hydrogens (tertiary/aromatic N) is 5. The van der Waals surface area contributed by atoms with Gasteiger partial charge < -0.3 is 15.1 Å². The van der Waals surface area contributed by atoms with Gasteiger partial charge in [0.05, 0.1) is 0 Å². The lowest BCUT2D eigenvalue weighted by Gasteiger charge is -2.35. The molecule has 3 heterocycles. The van der Waals surface area contributed by atoms with Crippen LogP contribution in [-0.2, 0) is 6.54 Å². The molecule has 4 rings (SSSR count). The molecular formula is C21H24N6. The highest BCUT2D eigenvalue weighted by molar-refractivity contribution is 5.46. The SMILES string of the molecule is Cc1cc(NCc2ccccc2)nc(N2CCN(c3ccccn3)CC2)n1. The minimum absolute atomic E-state index is 0.754. The summed E-state index contributed by atoms with van der Waals surface area (Å²) in [6.45, 7) is 6.38. The van der Waals surface area contributed by atoms with E-state index in [2.05, 4.69) is 55.4 Å². The van der Waals surface area contributed by atoms with Gasteiger partial charge in [0.15, 0.2) is 0 Å². The zero-order chi connectivity index (χ0) is 18.5. The van der Waals surface area contributed by atoms with Crippen LogP contribution >= 0.6 is 0 Å². The summed E-state index contributed by atoms with van der Waals surface area (Å²) in [5.41, 5.74) is 2.21. The third kappa shape index (κ3) is 4.34. The second-order valence-electron chi connectivity index (χ2n) is 6.70. The number of pyridine rings is 1. The van der Waals surface area contributed by atoms with Crippen LogP contribution in [0.2, 0.25) is 0 Å². The molecule has 1 aromatic carbocycles. The number of hydrogen-bond donors (Lipinski definition) is 1. The first-order chi connectivity index (χ1) is 13.3. The molecule has 0 unspecified atom stereocenters. The van der Waals surface area contributed by atoms with E-state index in [9.17, 15) is 0 Å². The van der Waals surface area contributed by atoms with Gasteiger partial charge in [0, 0.05) is 50.7 Å². The third-order valence-corrected chi connectivity index (χ3v) is 4.69.